The van der Waals surface area contributed by atoms with Crippen molar-refractivity contribution in [3.8, 4) is 0 Å². The summed E-state index contributed by atoms with van der Waals surface area (Å²) in [6, 6.07) is 11.8. The summed E-state index contributed by atoms with van der Waals surface area (Å²) in [6.45, 7) is 5.76. The molecular weight excluding hydrogens is 300 g/mol. The van der Waals surface area contributed by atoms with Gasteiger partial charge in [-0.1, -0.05) is 30.3 Å². The lowest BCUT2D eigenvalue weighted by Crippen LogP contribution is -2.32. The largest absolute Gasteiger partial charge is 0.481 e. The summed E-state index contributed by atoms with van der Waals surface area (Å²) in [6.07, 6.45) is 3.49. The van der Waals surface area contributed by atoms with Crippen LogP contribution >= 0.6 is 0 Å². The van der Waals surface area contributed by atoms with E-state index in [-0.39, 0.29) is 5.92 Å². The Morgan fingerprint density at radius 2 is 1.83 bits per heavy atom. The van der Waals surface area contributed by atoms with Crippen LogP contribution in [0.3, 0.4) is 0 Å². The second-order valence-corrected chi connectivity index (χ2v) is 6.14. The van der Waals surface area contributed by atoms with Gasteiger partial charge in [-0.05, 0) is 49.1 Å². The number of hydrogen-bond acceptors (Lipinski definition) is 3. The number of allylic oxidation sites excluding steroid dienone is 2. The number of hydrogen-bond donors (Lipinski definition) is 1. The first-order valence-corrected chi connectivity index (χ1v) is 7.95. The fraction of sp³-hybridized carbons (Fsp3) is 0.250. The summed E-state index contributed by atoms with van der Waals surface area (Å²) in [4.78, 5) is 20.8. The summed E-state index contributed by atoms with van der Waals surface area (Å²) < 4.78 is 0. The number of aliphatic carboxylic acids is 1. The van der Waals surface area contributed by atoms with E-state index in [9.17, 15) is 9.90 Å². The van der Waals surface area contributed by atoms with Gasteiger partial charge in [0.2, 0.25) is 0 Å². The molecule has 2 unspecified atom stereocenters. The smallest absolute Gasteiger partial charge is 0.313 e. The van der Waals surface area contributed by atoms with Gasteiger partial charge in [-0.3, -0.25) is 14.8 Å². The SMILES string of the molecule is CC1=NC(C)=C(c2cccnc2)C(c2ccccc2C)C1C(=O)O. The van der Waals surface area contributed by atoms with Crippen LogP contribution in [0.15, 0.2) is 59.5 Å². The highest BCUT2D eigenvalue weighted by atomic mass is 16.4. The van der Waals surface area contributed by atoms with Crippen molar-refractivity contribution in [2.75, 3.05) is 0 Å². The Hall–Kier alpha value is -2.75. The Balaban J connectivity index is 2.28. The van der Waals surface area contributed by atoms with E-state index in [1.54, 1.807) is 19.3 Å². The minimum atomic E-state index is -0.849. The highest BCUT2D eigenvalue weighted by Gasteiger charge is 2.39. The van der Waals surface area contributed by atoms with Crippen LogP contribution in [-0.2, 0) is 4.79 Å². The molecule has 4 nitrogen and oxygen atoms in total. The van der Waals surface area contributed by atoms with Crippen molar-refractivity contribution in [3.63, 3.8) is 0 Å². The Bertz CT molecular complexity index is 838. The van der Waals surface area contributed by atoms with Gasteiger partial charge in [0.1, 0.15) is 5.92 Å². The number of rotatable bonds is 3. The highest BCUT2D eigenvalue weighted by Crippen LogP contribution is 2.44. The molecule has 0 aliphatic carbocycles. The van der Waals surface area contributed by atoms with Crippen LogP contribution in [0.5, 0.6) is 0 Å². The Morgan fingerprint density at radius 1 is 1.08 bits per heavy atom. The van der Waals surface area contributed by atoms with E-state index in [0.717, 1.165) is 28.0 Å². The number of aryl methyl sites for hydroxylation is 1. The predicted octanol–water partition coefficient (Wildman–Crippen LogP) is 4.08. The summed E-state index contributed by atoms with van der Waals surface area (Å²) in [5.74, 6) is -1.80. The van der Waals surface area contributed by atoms with E-state index in [2.05, 4.69) is 9.98 Å². The van der Waals surface area contributed by atoms with Crippen molar-refractivity contribution in [1.82, 2.24) is 4.98 Å². The van der Waals surface area contributed by atoms with E-state index in [1.165, 1.54) is 0 Å². The maximum Gasteiger partial charge on any atom is 0.313 e. The van der Waals surface area contributed by atoms with Crippen LogP contribution in [0.1, 0.15) is 36.5 Å². The zero-order chi connectivity index (χ0) is 17.3. The maximum absolute atomic E-state index is 12.0. The van der Waals surface area contributed by atoms with E-state index < -0.39 is 11.9 Å². The van der Waals surface area contributed by atoms with E-state index in [4.69, 9.17) is 0 Å². The van der Waals surface area contributed by atoms with E-state index >= 15 is 0 Å². The molecule has 122 valence electrons. The lowest BCUT2D eigenvalue weighted by molar-refractivity contribution is -0.139. The monoisotopic (exact) mass is 320 g/mol. The van der Waals surface area contributed by atoms with Gasteiger partial charge in [0, 0.05) is 29.7 Å². The second-order valence-electron chi connectivity index (χ2n) is 6.14. The van der Waals surface area contributed by atoms with Gasteiger partial charge in [0.15, 0.2) is 0 Å². The molecule has 0 radical (unpaired) electrons. The van der Waals surface area contributed by atoms with Gasteiger partial charge in [0.25, 0.3) is 0 Å². The third kappa shape index (κ3) is 2.75. The zero-order valence-corrected chi connectivity index (χ0v) is 14.0. The summed E-state index contributed by atoms with van der Waals surface area (Å²) >= 11 is 0. The molecule has 24 heavy (non-hydrogen) atoms. The van der Waals surface area contributed by atoms with Crippen LogP contribution in [0.2, 0.25) is 0 Å². The highest BCUT2D eigenvalue weighted by molar-refractivity contribution is 6.06. The fourth-order valence-corrected chi connectivity index (χ4v) is 3.53. The minimum Gasteiger partial charge on any atom is -0.481 e. The third-order valence-electron chi connectivity index (χ3n) is 4.59. The first kappa shape index (κ1) is 16.1. The maximum atomic E-state index is 12.0. The molecule has 4 heteroatoms. The molecule has 0 bridgehead atoms. The number of pyridine rings is 1. The second kappa shape index (κ2) is 6.40. The molecule has 1 aliphatic heterocycles. The van der Waals surface area contributed by atoms with Gasteiger partial charge in [0.05, 0.1) is 0 Å². The molecule has 2 heterocycles. The van der Waals surface area contributed by atoms with Crippen molar-refractivity contribution in [1.29, 1.82) is 0 Å². The molecular formula is C20H20N2O2. The zero-order valence-electron chi connectivity index (χ0n) is 14.0. The average molecular weight is 320 g/mol. The number of carboxylic acids is 1. The summed E-state index contributed by atoms with van der Waals surface area (Å²) in [7, 11) is 0. The number of carboxylic acid groups (broad SMARTS) is 1. The molecule has 1 N–H and O–H groups in total. The molecule has 0 spiro atoms. The number of aromatic nitrogens is 1. The summed E-state index contributed by atoms with van der Waals surface area (Å²) in [5.41, 5.74) is 5.46. The molecule has 1 aromatic heterocycles. The van der Waals surface area contributed by atoms with Crippen molar-refractivity contribution >= 4 is 17.3 Å². The standard InChI is InChI=1S/C20H20N2O2/c1-12-7-4-5-9-16(12)19-17(15-8-6-10-21-11-15)13(2)22-14(3)18(19)20(23)24/h4-11,18-19H,1-3H3,(H,23,24). The van der Waals surface area contributed by atoms with E-state index in [0.29, 0.717) is 5.71 Å². The number of aliphatic imine (C=N–C) groups is 1. The normalized spacial score (nSPS) is 20.7. The molecule has 0 fully saturated rings. The van der Waals surface area contributed by atoms with Gasteiger partial charge >= 0.3 is 5.97 Å². The third-order valence-corrected chi connectivity index (χ3v) is 4.59. The lowest BCUT2D eigenvalue weighted by Gasteiger charge is -2.32. The lowest BCUT2D eigenvalue weighted by atomic mass is 9.73. The van der Waals surface area contributed by atoms with Gasteiger partial charge in [-0.2, -0.15) is 0 Å². The topological polar surface area (TPSA) is 62.5 Å². The van der Waals surface area contributed by atoms with Crippen LogP contribution < -0.4 is 0 Å². The summed E-state index contributed by atoms with van der Waals surface area (Å²) in [5, 5.41) is 9.86. The molecule has 2 aromatic rings. The molecule has 0 saturated carbocycles. The fourth-order valence-electron chi connectivity index (χ4n) is 3.53. The Labute approximate surface area is 141 Å². The predicted molar refractivity (Wildman–Crippen MR) is 95.0 cm³/mol. The van der Waals surface area contributed by atoms with Gasteiger partial charge in [-0.15, -0.1) is 0 Å². The quantitative estimate of drug-likeness (QED) is 0.927. The Morgan fingerprint density at radius 3 is 2.46 bits per heavy atom. The molecule has 0 saturated heterocycles. The van der Waals surface area contributed by atoms with Crippen LogP contribution in [0.25, 0.3) is 5.57 Å². The number of nitrogens with zero attached hydrogens (tertiary/aromatic N) is 2. The molecule has 1 aromatic carbocycles. The van der Waals surface area contributed by atoms with Crippen molar-refractivity contribution in [2.45, 2.75) is 26.7 Å². The van der Waals surface area contributed by atoms with Crippen molar-refractivity contribution < 1.29 is 9.90 Å². The molecule has 2 atom stereocenters. The van der Waals surface area contributed by atoms with E-state index in [1.807, 2.05) is 50.2 Å². The Kier molecular flexibility index (Phi) is 4.30. The van der Waals surface area contributed by atoms with Crippen molar-refractivity contribution in [3.05, 3.63) is 71.2 Å². The van der Waals surface area contributed by atoms with Crippen LogP contribution in [0, 0.1) is 12.8 Å². The first-order valence-electron chi connectivity index (χ1n) is 7.95. The van der Waals surface area contributed by atoms with Crippen molar-refractivity contribution in [2.24, 2.45) is 10.9 Å². The van der Waals surface area contributed by atoms with Gasteiger partial charge < -0.3 is 5.11 Å². The van der Waals surface area contributed by atoms with Crippen LogP contribution in [0.4, 0.5) is 0 Å². The molecule has 3 rings (SSSR count). The van der Waals surface area contributed by atoms with Crippen LogP contribution in [-0.4, -0.2) is 21.8 Å². The average Bonchev–Trinajstić information content (AvgIpc) is 2.55. The number of benzene rings is 1. The van der Waals surface area contributed by atoms with Gasteiger partial charge in [-0.25, -0.2) is 0 Å². The number of carbonyl (C=O) groups is 1. The molecule has 0 amide bonds. The minimum absolute atomic E-state index is 0.273. The first-order chi connectivity index (χ1) is 11.5. The molecule has 1 aliphatic rings.